The van der Waals surface area contributed by atoms with Gasteiger partial charge in [0.2, 0.25) is 0 Å². The predicted octanol–water partition coefficient (Wildman–Crippen LogP) is 3.12. The van der Waals surface area contributed by atoms with E-state index in [0.717, 1.165) is 11.1 Å². The smallest absolute Gasteiger partial charge is 0.138 e. The Bertz CT molecular complexity index is 773. The van der Waals surface area contributed by atoms with Gasteiger partial charge in [0.05, 0.1) is 6.61 Å². The summed E-state index contributed by atoms with van der Waals surface area (Å²) in [5, 5.41) is 20.5. The maximum atomic E-state index is 13.1. The highest BCUT2D eigenvalue weighted by atomic mass is 19.1. The molecule has 116 valence electrons. The highest BCUT2D eigenvalue weighted by Gasteiger charge is 2.30. The van der Waals surface area contributed by atoms with Crippen LogP contribution in [0.1, 0.15) is 11.1 Å². The second-order valence-electron chi connectivity index (χ2n) is 5.34. The fourth-order valence-corrected chi connectivity index (χ4v) is 2.56. The first-order valence-electron chi connectivity index (χ1n) is 7.24. The van der Waals surface area contributed by atoms with Crippen molar-refractivity contribution >= 4 is 0 Å². The van der Waals surface area contributed by atoms with Gasteiger partial charge < -0.3 is 10.2 Å². The Labute approximate surface area is 133 Å². The van der Waals surface area contributed by atoms with Crippen molar-refractivity contribution in [1.82, 2.24) is 4.98 Å². The van der Waals surface area contributed by atoms with Crippen molar-refractivity contribution in [2.45, 2.75) is 5.60 Å². The number of hydrogen-bond acceptors (Lipinski definition) is 3. The van der Waals surface area contributed by atoms with Crippen molar-refractivity contribution in [3.63, 3.8) is 0 Å². The molecule has 2 N–H and O–H groups in total. The van der Waals surface area contributed by atoms with Gasteiger partial charge in [-0.3, -0.25) is 4.98 Å². The summed E-state index contributed by atoms with van der Waals surface area (Å²) in [7, 11) is 0. The van der Waals surface area contributed by atoms with Crippen molar-refractivity contribution in [3.05, 3.63) is 90.0 Å². The van der Waals surface area contributed by atoms with Crippen LogP contribution in [0, 0.1) is 5.82 Å². The lowest BCUT2D eigenvalue weighted by Crippen LogP contribution is -2.31. The minimum Gasteiger partial charge on any atom is -0.393 e. The number of rotatable bonds is 4. The highest BCUT2D eigenvalue weighted by Crippen LogP contribution is 2.31. The third-order valence-electron chi connectivity index (χ3n) is 3.93. The van der Waals surface area contributed by atoms with Gasteiger partial charge in [0.25, 0.3) is 0 Å². The van der Waals surface area contributed by atoms with Gasteiger partial charge >= 0.3 is 0 Å². The van der Waals surface area contributed by atoms with Gasteiger partial charge in [0.15, 0.2) is 0 Å². The van der Waals surface area contributed by atoms with Crippen LogP contribution >= 0.6 is 0 Å². The van der Waals surface area contributed by atoms with E-state index in [-0.39, 0.29) is 5.82 Å². The van der Waals surface area contributed by atoms with Crippen LogP contribution in [0.5, 0.6) is 0 Å². The Morgan fingerprint density at radius 1 is 0.783 bits per heavy atom. The van der Waals surface area contributed by atoms with Crippen molar-refractivity contribution in [2.75, 3.05) is 6.61 Å². The fourth-order valence-electron chi connectivity index (χ4n) is 2.56. The third-order valence-corrected chi connectivity index (χ3v) is 3.93. The molecule has 0 saturated heterocycles. The summed E-state index contributed by atoms with van der Waals surface area (Å²) in [4.78, 5) is 3.98. The van der Waals surface area contributed by atoms with Gasteiger partial charge in [0, 0.05) is 12.4 Å². The molecule has 3 rings (SSSR count). The van der Waals surface area contributed by atoms with Crippen LogP contribution < -0.4 is 0 Å². The molecular formula is C19H16FNO2. The fraction of sp³-hybridized carbons (Fsp3) is 0.105. The van der Waals surface area contributed by atoms with E-state index in [0.29, 0.717) is 11.1 Å². The molecule has 1 atom stereocenters. The van der Waals surface area contributed by atoms with Crippen LogP contribution in [-0.4, -0.2) is 21.8 Å². The van der Waals surface area contributed by atoms with Crippen LogP contribution in [0.2, 0.25) is 0 Å². The lowest BCUT2D eigenvalue weighted by molar-refractivity contribution is 0.0172. The summed E-state index contributed by atoms with van der Waals surface area (Å²) in [5.74, 6) is -0.387. The van der Waals surface area contributed by atoms with Gasteiger partial charge in [-0.15, -0.1) is 0 Å². The van der Waals surface area contributed by atoms with Crippen LogP contribution in [-0.2, 0) is 5.60 Å². The molecule has 23 heavy (non-hydrogen) atoms. The van der Waals surface area contributed by atoms with E-state index in [1.165, 1.54) is 24.3 Å². The molecule has 3 nitrogen and oxygen atoms in total. The number of hydrogen-bond donors (Lipinski definition) is 2. The largest absolute Gasteiger partial charge is 0.393 e. The zero-order valence-electron chi connectivity index (χ0n) is 12.4. The van der Waals surface area contributed by atoms with Gasteiger partial charge in [0.1, 0.15) is 11.4 Å². The van der Waals surface area contributed by atoms with E-state index in [1.54, 1.807) is 24.5 Å². The van der Waals surface area contributed by atoms with Crippen molar-refractivity contribution in [1.29, 1.82) is 0 Å². The summed E-state index contributed by atoms with van der Waals surface area (Å²) in [6.45, 7) is -0.493. The Kier molecular flexibility index (Phi) is 4.19. The minimum absolute atomic E-state index is 0.387. The molecular weight excluding hydrogens is 293 g/mol. The Morgan fingerprint density at radius 2 is 1.26 bits per heavy atom. The summed E-state index contributed by atoms with van der Waals surface area (Å²) >= 11 is 0. The van der Waals surface area contributed by atoms with E-state index in [1.807, 2.05) is 24.3 Å². The maximum Gasteiger partial charge on any atom is 0.138 e. The van der Waals surface area contributed by atoms with Gasteiger partial charge in [-0.05, 0) is 46.5 Å². The monoisotopic (exact) mass is 309 g/mol. The number of aliphatic hydroxyl groups excluding tert-OH is 1. The predicted molar refractivity (Wildman–Crippen MR) is 86.2 cm³/mol. The second-order valence-corrected chi connectivity index (χ2v) is 5.34. The van der Waals surface area contributed by atoms with E-state index in [9.17, 15) is 14.6 Å². The number of aliphatic hydroxyl groups is 2. The molecule has 1 aromatic heterocycles. The quantitative estimate of drug-likeness (QED) is 0.778. The molecule has 0 aliphatic rings. The summed E-state index contributed by atoms with van der Waals surface area (Å²) in [6.07, 6.45) is 3.43. The lowest BCUT2D eigenvalue weighted by Gasteiger charge is -2.27. The van der Waals surface area contributed by atoms with Gasteiger partial charge in [-0.2, -0.15) is 0 Å². The van der Waals surface area contributed by atoms with E-state index < -0.39 is 12.2 Å². The molecule has 4 heteroatoms. The van der Waals surface area contributed by atoms with E-state index in [2.05, 4.69) is 4.98 Å². The Morgan fingerprint density at radius 3 is 1.78 bits per heavy atom. The van der Waals surface area contributed by atoms with Crippen LogP contribution in [0.3, 0.4) is 0 Å². The number of aromatic nitrogens is 1. The molecule has 0 aliphatic carbocycles. The first-order valence-corrected chi connectivity index (χ1v) is 7.24. The second kappa shape index (κ2) is 6.28. The van der Waals surface area contributed by atoms with Gasteiger partial charge in [-0.25, -0.2) is 4.39 Å². The molecule has 0 amide bonds. The normalized spacial score (nSPS) is 13.5. The molecule has 0 aliphatic heterocycles. The van der Waals surface area contributed by atoms with Crippen LogP contribution in [0.4, 0.5) is 4.39 Å². The minimum atomic E-state index is -1.57. The molecule has 2 aromatic carbocycles. The zero-order valence-corrected chi connectivity index (χ0v) is 12.4. The molecule has 3 aromatic rings. The molecule has 1 heterocycles. The summed E-state index contributed by atoms with van der Waals surface area (Å²) < 4.78 is 13.1. The van der Waals surface area contributed by atoms with Crippen LogP contribution in [0.15, 0.2) is 73.1 Å². The van der Waals surface area contributed by atoms with Crippen molar-refractivity contribution < 1.29 is 14.6 Å². The summed E-state index contributed by atoms with van der Waals surface area (Å²) in [5.41, 5.74) is 1.42. The Balaban J connectivity index is 1.97. The van der Waals surface area contributed by atoms with E-state index in [4.69, 9.17) is 0 Å². The first-order chi connectivity index (χ1) is 11.1. The topological polar surface area (TPSA) is 53.4 Å². The maximum absolute atomic E-state index is 13.1. The zero-order chi connectivity index (χ0) is 16.3. The van der Waals surface area contributed by atoms with E-state index >= 15 is 0 Å². The third kappa shape index (κ3) is 2.99. The van der Waals surface area contributed by atoms with Crippen molar-refractivity contribution in [2.24, 2.45) is 0 Å². The van der Waals surface area contributed by atoms with Crippen molar-refractivity contribution in [3.8, 4) is 11.1 Å². The summed E-state index contributed by atoms with van der Waals surface area (Å²) in [6, 6.07) is 16.5. The highest BCUT2D eigenvalue weighted by molar-refractivity contribution is 5.63. The molecule has 0 saturated carbocycles. The SMILES string of the molecule is OC[C@@](O)(c1ccc(F)cc1)c1ccc(-c2ccncc2)cc1. The molecule has 0 unspecified atom stereocenters. The number of nitrogens with zero attached hydrogens (tertiary/aromatic N) is 1. The average Bonchev–Trinajstić information content (AvgIpc) is 2.62. The number of benzene rings is 2. The Hall–Kier alpha value is -2.56. The molecule has 0 fully saturated rings. The lowest BCUT2D eigenvalue weighted by atomic mass is 9.86. The average molecular weight is 309 g/mol. The number of pyridine rings is 1. The molecule has 0 bridgehead atoms. The number of halogens is 1. The first kappa shape index (κ1) is 15.3. The van der Waals surface area contributed by atoms with Crippen LogP contribution in [0.25, 0.3) is 11.1 Å². The molecule has 0 radical (unpaired) electrons. The molecule has 0 spiro atoms. The van der Waals surface area contributed by atoms with Gasteiger partial charge in [-0.1, -0.05) is 36.4 Å². The standard InChI is InChI=1S/C19H16FNO2/c20-18-7-5-17(6-8-18)19(23,13-22)16-3-1-14(2-4-16)15-9-11-21-12-10-15/h1-12,22-23H,13H2/t19-/m0/s1.